The minimum Gasteiger partial charge on any atom is -0.489 e. The number of fused-ring (bicyclic) bond motifs is 1. The van der Waals surface area contributed by atoms with E-state index in [1.165, 1.54) is 6.20 Å². The first-order valence-corrected chi connectivity index (χ1v) is 5.26. The van der Waals surface area contributed by atoms with Gasteiger partial charge in [0.25, 0.3) is 0 Å². The first-order chi connectivity index (χ1) is 8.36. The van der Waals surface area contributed by atoms with E-state index in [4.69, 9.17) is 14.7 Å². The van der Waals surface area contributed by atoms with Crippen LogP contribution in [0.25, 0.3) is 10.9 Å². The summed E-state index contributed by atoms with van der Waals surface area (Å²) < 4.78 is 10.5. The number of hydrogen-bond donors (Lipinski definition) is 0. The molecule has 1 heterocycles. The molecule has 2 aromatic rings. The fourth-order valence-electron chi connectivity index (χ4n) is 1.58. The summed E-state index contributed by atoms with van der Waals surface area (Å²) in [6, 6.07) is 9.67. The van der Waals surface area contributed by atoms with Gasteiger partial charge in [-0.3, -0.25) is 4.98 Å². The lowest BCUT2D eigenvalue weighted by Crippen LogP contribution is -2.06. The van der Waals surface area contributed by atoms with Gasteiger partial charge in [-0.05, 0) is 12.1 Å². The molecule has 17 heavy (non-hydrogen) atoms. The van der Waals surface area contributed by atoms with Crippen LogP contribution in [0.3, 0.4) is 0 Å². The quantitative estimate of drug-likeness (QED) is 0.752. The Morgan fingerprint density at radius 1 is 1.29 bits per heavy atom. The second kappa shape index (κ2) is 5.28. The third-order valence-electron chi connectivity index (χ3n) is 2.38. The third kappa shape index (κ3) is 2.35. The maximum atomic E-state index is 9.03. The molecule has 0 saturated carbocycles. The van der Waals surface area contributed by atoms with Crippen molar-refractivity contribution in [2.24, 2.45) is 0 Å². The molecule has 1 aromatic heterocycles. The van der Waals surface area contributed by atoms with Gasteiger partial charge in [0.05, 0.1) is 12.1 Å². The second-order valence-electron chi connectivity index (χ2n) is 3.47. The van der Waals surface area contributed by atoms with Crippen LogP contribution >= 0.6 is 0 Å². The zero-order valence-electron chi connectivity index (χ0n) is 9.51. The molecule has 1 aromatic carbocycles. The Balaban J connectivity index is 2.45. The van der Waals surface area contributed by atoms with E-state index in [0.717, 1.165) is 10.9 Å². The molecule has 0 radical (unpaired) electrons. The number of rotatable bonds is 4. The molecule has 0 N–H and O–H groups in total. The van der Waals surface area contributed by atoms with Crippen LogP contribution in [0.15, 0.2) is 30.5 Å². The van der Waals surface area contributed by atoms with Gasteiger partial charge in [0.15, 0.2) is 0 Å². The molecule has 0 aliphatic rings. The van der Waals surface area contributed by atoms with Gasteiger partial charge in [0.2, 0.25) is 0 Å². The molecule has 0 fully saturated rings. The maximum absolute atomic E-state index is 9.03. The number of hydrogen-bond acceptors (Lipinski definition) is 4. The highest BCUT2D eigenvalue weighted by Gasteiger charge is 2.09. The van der Waals surface area contributed by atoms with Crippen LogP contribution in [0, 0.1) is 11.3 Å². The largest absolute Gasteiger partial charge is 0.489 e. The van der Waals surface area contributed by atoms with E-state index >= 15 is 0 Å². The van der Waals surface area contributed by atoms with Gasteiger partial charge < -0.3 is 9.47 Å². The number of para-hydroxylation sites is 1. The van der Waals surface area contributed by atoms with Crippen molar-refractivity contribution in [2.45, 2.75) is 0 Å². The Hall–Kier alpha value is -2.12. The van der Waals surface area contributed by atoms with Gasteiger partial charge in [-0.2, -0.15) is 5.26 Å². The smallest absolute Gasteiger partial charge is 0.148 e. The minimum absolute atomic E-state index is 0.416. The number of benzene rings is 1. The highest BCUT2D eigenvalue weighted by Crippen LogP contribution is 2.27. The van der Waals surface area contributed by atoms with Gasteiger partial charge >= 0.3 is 0 Å². The molecule has 4 heteroatoms. The Morgan fingerprint density at radius 3 is 2.88 bits per heavy atom. The van der Waals surface area contributed by atoms with Crippen LogP contribution in [0.1, 0.15) is 5.56 Å². The molecule has 0 saturated heterocycles. The molecule has 0 bridgehead atoms. The van der Waals surface area contributed by atoms with E-state index in [9.17, 15) is 0 Å². The van der Waals surface area contributed by atoms with Gasteiger partial charge in [-0.15, -0.1) is 0 Å². The van der Waals surface area contributed by atoms with E-state index in [2.05, 4.69) is 11.1 Å². The predicted octanol–water partition coefficient (Wildman–Crippen LogP) is 2.13. The lowest BCUT2D eigenvalue weighted by molar-refractivity contribution is 0.147. The standard InChI is InChI=1S/C13H12N2O2/c1-16-6-7-17-13-10(8-14)9-15-12-5-3-2-4-11(12)13/h2-5,9H,6-7H2,1H3. The number of ether oxygens (including phenoxy) is 2. The van der Waals surface area contributed by atoms with E-state index in [1.54, 1.807) is 7.11 Å². The summed E-state index contributed by atoms with van der Waals surface area (Å²) in [7, 11) is 1.61. The van der Waals surface area contributed by atoms with Gasteiger partial charge in [-0.25, -0.2) is 0 Å². The predicted molar refractivity (Wildman–Crippen MR) is 63.8 cm³/mol. The topological polar surface area (TPSA) is 55.1 Å². The number of nitrogens with zero attached hydrogens (tertiary/aromatic N) is 2. The van der Waals surface area contributed by atoms with Crippen molar-refractivity contribution in [3.8, 4) is 11.8 Å². The fourth-order valence-corrected chi connectivity index (χ4v) is 1.58. The summed E-state index contributed by atoms with van der Waals surface area (Å²) in [4.78, 5) is 4.21. The van der Waals surface area contributed by atoms with Crippen LogP contribution in [0.2, 0.25) is 0 Å². The monoisotopic (exact) mass is 228 g/mol. The van der Waals surface area contributed by atoms with Crippen LogP contribution in [0.5, 0.6) is 5.75 Å². The Labute approximate surface area is 99.4 Å². The molecule has 0 atom stereocenters. The van der Waals surface area contributed by atoms with Gasteiger partial charge in [0.1, 0.15) is 24.0 Å². The number of nitriles is 1. The summed E-state index contributed by atoms with van der Waals surface area (Å²) in [6.45, 7) is 0.903. The van der Waals surface area contributed by atoms with Crippen molar-refractivity contribution < 1.29 is 9.47 Å². The van der Waals surface area contributed by atoms with Crippen molar-refractivity contribution in [3.63, 3.8) is 0 Å². The molecular weight excluding hydrogens is 216 g/mol. The second-order valence-corrected chi connectivity index (χ2v) is 3.47. The van der Waals surface area contributed by atoms with Crippen molar-refractivity contribution >= 4 is 10.9 Å². The normalized spacial score (nSPS) is 10.1. The molecule has 4 nitrogen and oxygen atoms in total. The van der Waals surface area contributed by atoms with Crippen LogP contribution in [0.4, 0.5) is 0 Å². The Kier molecular flexibility index (Phi) is 3.53. The SMILES string of the molecule is COCCOc1c(C#N)cnc2ccccc12. The average molecular weight is 228 g/mol. The molecule has 0 aliphatic heterocycles. The number of pyridine rings is 1. The van der Waals surface area contributed by atoms with Crippen LogP contribution < -0.4 is 4.74 Å². The summed E-state index contributed by atoms with van der Waals surface area (Å²) in [5, 5.41) is 9.88. The third-order valence-corrected chi connectivity index (χ3v) is 2.38. The summed E-state index contributed by atoms with van der Waals surface area (Å²) in [5.41, 5.74) is 1.26. The molecule has 2 rings (SSSR count). The number of aromatic nitrogens is 1. The zero-order chi connectivity index (χ0) is 12.1. The molecule has 86 valence electrons. The lowest BCUT2D eigenvalue weighted by atomic mass is 10.1. The maximum Gasteiger partial charge on any atom is 0.148 e. The van der Waals surface area contributed by atoms with Crippen molar-refractivity contribution in [1.29, 1.82) is 5.26 Å². The Morgan fingerprint density at radius 2 is 2.12 bits per heavy atom. The van der Waals surface area contributed by atoms with Crippen LogP contribution in [-0.2, 0) is 4.74 Å². The van der Waals surface area contributed by atoms with Gasteiger partial charge in [-0.1, -0.05) is 12.1 Å². The first kappa shape index (κ1) is 11.4. The van der Waals surface area contributed by atoms with E-state index in [0.29, 0.717) is 24.5 Å². The summed E-state index contributed by atoms with van der Waals surface area (Å²) >= 11 is 0. The first-order valence-electron chi connectivity index (χ1n) is 5.26. The highest BCUT2D eigenvalue weighted by molar-refractivity contribution is 5.86. The van der Waals surface area contributed by atoms with Crippen molar-refractivity contribution in [1.82, 2.24) is 4.98 Å². The molecule has 0 amide bonds. The average Bonchev–Trinajstić information content (AvgIpc) is 2.39. The van der Waals surface area contributed by atoms with Gasteiger partial charge in [0, 0.05) is 18.7 Å². The number of methoxy groups -OCH3 is 1. The molecular formula is C13H12N2O2. The molecule has 0 unspecified atom stereocenters. The minimum atomic E-state index is 0.416. The molecule has 0 aliphatic carbocycles. The molecule has 0 spiro atoms. The van der Waals surface area contributed by atoms with Crippen molar-refractivity contribution in [2.75, 3.05) is 20.3 Å². The van der Waals surface area contributed by atoms with Crippen LogP contribution in [-0.4, -0.2) is 25.3 Å². The van der Waals surface area contributed by atoms with E-state index in [1.807, 2.05) is 24.3 Å². The Bertz CT molecular complexity index is 561. The summed E-state index contributed by atoms with van der Waals surface area (Å²) in [6.07, 6.45) is 1.53. The van der Waals surface area contributed by atoms with Crippen molar-refractivity contribution in [3.05, 3.63) is 36.0 Å². The summed E-state index contributed by atoms with van der Waals surface area (Å²) in [5.74, 6) is 0.579. The fraction of sp³-hybridized carbons (Fsp3) is 0.231. The highest BCUT2D eigenvalue weighted by atomic mass is 16.5. The zero-order valence-corrected chi connectivity index (χ0v) is 9.51. The van der Waals surface area contributed by atoms with E-state index in [-0.39, 0.29) is 0 Å². The van der Waals surface area contributed by atoms with E-state index < -0.39 is 0 Å². The lowest BCUT2D eigenvalue weighted by Gasteiger charge is -2.09.